The Balaban J connectivity index is 1.67. The molecule has 2 aromatic carbocycles. The van der Waals surface area contributed by atoms with Crippen molar-refractivity contribution in [2.45, 2.75) is 6.92 Å². The normalized spacial score (nSPS) is 15.9. The molecule has 0 radical (unpaired) electrons. The summed E-state index contributed by atoms with van der Waals surface area (Å²) in [7, 11) is 1.96. The maximum absolute atomic E-state index is 12.9. The molecule has 3 aromatic rings. The minimum absolute atomic E-state index is 0.296. The number of aryl methyl sites for hydroxylation is 1. The third-order valence-corrected chi connectivity index (χ3v) is 5.28. The van der Waals surface area contributed by atoms with Gasteiger partial charge in [-0.2, -0.15) is 0 Å². The Labute approximate surface area is 161 Å². The number of amides is 2. The highest BCUT2D eigenvalue weighted by Gasteiger charge is 2.36. The van der Waals surface area contributed by atoms with Gasteiger partial charge in [0.25, 0.3) is 11.1 Å². The fourth-order valence-corrected chi connectivity index (χ4v) is 4.01. The first-order valence-corrected chi connectivity index (χ1v) is 9.45. The van der Waals surface area contributed by atoms with Crippen molar-refractivity contribution in [1.29, 1.82) is 0 Å². The minimum Gasteiger partial charge on any atom is -0.494 e. The van der Waals surface area contributed by atoms with Crippen molar-refractivity contribution in [3.8, 4) is 5.75 Å². The molecule has 27 heavy (non-hydrogen) atoms. The molecule has 136 valence electrons. The zero-order valence-corrected chi connectivity index (χ0v) is 15.8. The van der Waals surface area contributed by atoms with Crippen LogP contribution in [0.3, 0.4) is 0 Å². The van der Waals surface area contributed by atoms with Gasteiger partial charge in [0.05, 0.1) is 17.2 Å². The maximum atomic E-state index is 12.9. The zero-order chi connectivity index (χ0) is 19.0. The topological polar surface area (TPSA) is 51.5 Å². The van der Waals surface area contributed by atoms with E-state index in [1.807, 2.05) is 49.0 Å². The molecule has 1 fully saturated rings. The Morgan fingerprint density at radius 1 is 1.07 bits per heavy atom. The third-order valence-electron chi connectivity index (χ3n) is 4.41. The van der Waals surface area contributed by atoms with E-state index >= 15 is 0 Å². The van der Waals surface area contributed by atoms with Crippen molar-refractivity contribution in [2.24, 2.45) is 7.05 Å². The van der Waals surface area contributed by atoms with Gasteiger partial charge in [0.15, 0.2) is 0 Å². The van der Waals surface area contributed by atoms with E-state index in [0.29, 0.717) is 22.9 Å². The molecule has 0 aliphatic carbocycles. The molecule has 1 saturated heterocycles. The van der Waals surface area contributed by atoms with Crippen LogP contribution in [-0.2, 0) is 11.8 Å². The van der Waals surface area contributed by atoms with Crippen LogP contribution in [0.2, 0.25) is 0 Å². The first-order chi connectivity index (χ1) is 13.1. The molecule has 4 rings (SSSR count). The number of para-hydroxylation sites is 1. The molecule has 1 aliphatic rings. The summed E-state index contributed by atoms with van der Waals surface area (Å²) in [5.41, 5.74) is 2.54. The van der Waals surface area contributed by atoms with Crippen LogP contribution in [0.4, 0.5) is 10.5 Å². The summed E-state index contributed by atoms with van der Waals surface area (Å²) < 4.78 is 7.42. The van der Waals surface area contributed by atoms with Gasteiger partial charge in [-0.05, 0) is 55.1 Å². The number of hydrogen-bond donors (Lipinski definition) is 0. The summed E-state index contributed by atoms with van der Waals surface area (Å²) >= 11 is 0.962. The van der Waals surface area contributed by atoms with Crippen molar-refractivity contribution in [3.05, 3.63) is 65.2 Å². The van der Waals surface area contributed by atoms with Crippen LogP contribution in [0.15, 0.2) is 59.6 Å². The van der Waals surface area contributed by atoms with Crippen LogP contribution in [0.5, 0.6) is 5.75 Å². The zero-order valence-electron chi connectivity index (χ0n) is 15.0. The summed E-state index contributed by atoms with van der Waals surface area (Å²) in [4.78, 5) is 26.9. The standard InChI is InChI=1S/C21H18N2O3S/c1-3-26-16-10-8-15(9-11-16)23-20(24)19(27-21(23)25)12-14-13-22(2)18-7-5-4-6-17(14)18/h4-13H,3H2,1-2H3/b19-12-. The lowest BCUT2D eigenvalue weighted by atomic mass is 10.1. The second-order valence-electron chi connectivity index (χ2n) is 6.16. The van der Waals surface area contributed by atoms with E-state index in [-0.39, 0.29) is 11.1 Å². The van der Waals surface area contributed by atoms with Crippen LogP contribution in [0.25, 0.3) is 17.0 Å². The average Bonchev–Trinajstić information content (AvgIpc) is 3.13. The van der Waals surface area contributed by atoms with Gasteiger partial charge in [-0.15, -0.1) is 0 Å². The number of benzene rings is 2. The monoisotopic (exact) mass is 378 g/mol. The van der Waals surface area contributed by atoms with E-state index in [2.05, 4.69) is 0 Å². The highest BCUT2D eigenvalue weighted by molar-refractivity contribution is 8.19. The number of imide groups is 1. The SMILES string of the molecule is CCOc1ccc(N2C(=O)S/C(=C\c3cn(C)c4ccccc34)C2=O)cc1. The predicted molar refractivity (Wildman–Crippen MR) is 109 cm³/mol. The second-order valence-corrected chi connectivity index (χ2v) is 7.15. The van der Waals surface area contributed by atoms with E-state index in [9.17, 15) is 9.59 Å². The molecule has 5 nitrogen and oxygen atoms in total. The molecule has 0 spiro atoms. The molecule has 6 heteroatoms. The summed E-state index contributed by atoms with van der Waals surface area (Å²) in [5, 5.41) is 0.753. The first kappa shape index (κ1) is 17.4. The van der Waals surface area contributed by atoms with E-state index < -0.39 is 0 Å². The summed E-state index contributed by atoms with van der Waals surface area (Å²) in [5.74, 6) is 0.404. The maximum Gasteiger partial charge on any atom is 0.298 e. The summed E-state index contributed by atoms with van der Waals surface area (Å²) in [6.45, 7) is 2.47. The molecule has 2 heterocycles. The number of thioether (sulfide) groups is 1. The molecular formula is C21H18N2O3S. The smallest absolute Gasteiger partial charge is 0.298 e. The molecule has 0 saturated carbocycles. The lowest BCUT2D eigenvalue weighted by Crippen LogP contribution is -2.27. The van der Waals surface area contributed by atoms with E-state index in [0.717, 1.165) is 28.2 Å². The Morgan fingerprint density at radius 2 is 1.81 bits per heavy atom. The highest BCUT2D eigenvalue weighted by Crippen LogP contribution is 2.37. The van der Waals surface area contributed by atoms with Gasteiger partial charge < -0.3 is 9.30 Å². The molecule has 0 atom stereocenters. The van der Waals surface area contributed by atoms with Crippen LogP contribution in [0, 0.1) is 0 Å². The van der Waals surface area contributed by atoms with Gasteiger partial charge in [0, 0.05) is 29.7 Å². The number of nitrogens with zero attached hydrogens (tertiary/aromatic N) is 2. The van der Waals surface area contributed by atoms with E-state index in [1.54, 1.807) is 30.3 Å². The van der Waals surface area contributed by atoms with Crippen LogP contribution in [0.1, 0.15) is 12.5 Å². The molecule has 0 bridgehead atoms. The number of hydrogen-bond acceptors (Lipinski definition) is 4. The van der Waals surface area contributed by atoms with Crippen LogP contribution < -0.4 is 9.64 Å². The number of carbonyl (C=O) groups is 2. The van der Waals surface area contributed by atoms with Crippen LogP contribution >= 0.6 is 11.8 Å². The number of fused-ring (bicyclic) bond motifs is 1. The number of anilines is 1. The van der Waals surface area contributed by atoms with Gasteiger partial charge in [0.1, 0.15) is 5.75 Å². The molecule has 1 aliphatic heterocycles. The van der Waals surface area contributed by atoms with Crippen molar-refractivity contribution >= 4 is 45.6 Å². The molecule has 0 N–H and O–H groups in total. The summed E-state index contributed by atoms with van der Waals surface area (Å²) in [6.07, 6.45) is 3.76. The number of rotatable bonds is 4. The van der Waals surface area contributed by atoms with Gasteiger partial charge in [0.2, 0.25) is 0 Å². The Kier molecular flexibility index (Phi) is 4.49. The largest absolute Gasteiger partial charge is 0.494 e. The van der Waals surface area contributed by atoms with E-state index in [1.165, 1.54) is 4.90 Å². The van der Waals surface area contributed by atoms with Crippen LogP contribution in [-0.4, -0.2) is 22.3 Å². The lowest BCUT2D eigenvalue weighted by molar-refractivity contribution is -0.113. The number of ether oxygens (including phenoxy) is 1. The molecular weight excluding hydrogens is 360 g/mol. The van der Waals surface area contributed by atoms with Gasteiger partial charge in [-0.1, -0.05) is 18.2 Å². The van der Waals surface area contributed by atoms with Crippen molar-refractivity contribution in [2.75, 3.05) is 11.5 Å². The first-order valence-electron chi connectivity index (χ1n) is 8.63. The van der Waals surface area contributed by atoms with Gasteiger partial charge in [-0.25, -0.2) is 4.90 Å². The highest BCUT2D eigenvalue weighted by atomic mass is 32.2. The van der Waals surface area contributed by atoms with Gasteiger partial charge >= 0.3 is 0 Å². The van der Waals surface area contributed by atoms with Crippen molar-refractivity contribution in [1.82, 2.24) is 4.57 Å². The minimum atomic E-state index is -0.304. The van der Waals surface area contributed by atoms with Crippen molar-refractivity contribution in [3.63, 3.8) is 0 Å². The quantitative estimate of drug-likeness (QED) is 0.611. The molecule has 2 amide bonds. The Morgan fingerprint density at radius 3 is 2.56 bits per heavy atom. The average molecular weight is 378 g/mol. The Hall–Kier alpha value is -2.99. The number of aromatic nitrogens is 1. The molecule has 1 aromatic heterocycles. The fraction of sp³-hybridized carbons (Fsp3) is 0.143. The van der Waals surface area contributed by atoms with Crippen molar-refractivity contribution < 1.29 is 14.3 Å². The van der Waals surface area contributed by atoms with E-state index in [4.69, 9.17) is 4.74 Å². The lowest BCUT2D eigenvalue weighted by Gasteiger charge is -2.13. The Bertz CT molecular complexity index is 1070. The second kappa shape index (κ2) is 6.96. The fourth-order valence-electron chi connectivity index (χ4n) is 3.18. The van der Waals surface area contributed by atoms with Gasteiger partial charge in [-0.3, -0.25) is 9.59 Å². The predicted octanol–water partition coefficient (Wildman–Crippen LogP) is 4.82. The molecule has 0 unspecified atom stereocenters. The summed E-state index contributed by atoms with van der Waals surface area (Å²) in [6, 6.07) is 14.9. The number of carbonyl (C=O) groups excluding carboxylic acids is 2. The third kappa shape index (κ3) is 3.13.